The molecule has 0 fully saturated rings. The van der Waals surface area contributed by atoms with Crippen LogP contribution in [0.1, 0.15) is 0 Å². The van der Waals surface area contributed by atoms with E-state index in [9.17, 15) is 4.79 Å². The Kier molecular flexibility index (Phi) is 3.51. The minimum Gasteiger partial charge on any atom is -0.399 e. The molecule has 21 heavy (non-hydrogen) atoms. The lowest BCUT2D eigenvalue weighted by Gasteiger charge is -2.04. The summed E-state index contributed by atoms with van der Waals surface area (Å²) in [6.07, 6.45) is 3.42. The van der Waals surface area contributed by atoms with Crippen LogP contribution in [0.25, 0.3) is 11.4 Å². The number of pyridine rings is 1. The average molecular weight is 281 g/mol. The molecule has 3 aromatic rings. The van der Waals surface area contributed by atoms with E-state index < -0.39 is 0 Å². The molecule has 0 unspecified atom stereocenters. The van der Waals surface area contributed by atoms with Crippen LogP contribution in [0.5, 0.6) is 0 Å². The molecule has 1 aromatic carbocycles. The molecule has 0 atom stereocenters. The molecule has 0 aliphatic rings. The third-order valence-electron chi connectivity index (χ3n) is 3.15. The number of rotatable bonds is 4. The summed E-state index contributed by atoms with van der Waals surface area (Å²) in [7, 11) is 0. The largest absolute Gasteiger partial charge is 0.399 e. The van der Waals surface area contributed by atoms with Crippen molar-refractivity contribution in [2.45, 2.75) is 13.1 Å². The molecule has 0 spiro atoms. The van der Waals surface area contributed by atoms with E-state index in [-0.39, 0.29) is 5.56 Å². The van der Waals surface area contributed by atoms with Gasteiger partial charge in [-0.3, -0.25) is 9.48 Å². The summed E-state index contributed by atoms with van der Waals surface area (Å²) in [5, 5.41) is 4.40. The number of hydrogen-bond donors (Lipinski definition) is 1. The van der Waals surface area contributed by atoms with Gasteiger partial charge in [-0.1, -0.05) is 18.2 Å². The number of aryl methyl sites for hydroxylation is 2. The lowest BCUT2D eigenvalue weighted by Crippen LogP contribution is -2.20. The minimum atomic E-state index is -0.0197. The van der Waals surface area contributed by atoms with Crippen LogP contribution >= 0.6 is 0 Å². The van der Waals surface area contributed by atoms with Crippen LogP contribution in [0.3, 0.4) is 0 Å². The molecule has 2 aromatic heterocycles. The van der Waals surface area contributed by atoms with Crippen LogP contribution in [-0.2, 0) is 13.1 Å². The van der Waals surface area contributed by atoms with E-state index in [0.717, 1.165) is 5.56 Å². The molecule has 6 heteroatoms. The van der Waals surface area contributed by atoms with E-state index in [0.29, 0.717) is 24.6 Å². The van der Waals surface area contributed by atoms with Crippen molar-refractivity contribution in [2.75, 3.05) is 5.73 Å². The van der Waals surface area contributed by atoms with Crippen molar-refractivity contribution in [3.05, 3.63) is 65.3 Å². The zero-order valence-corrected chi connectivity index (χ0v) is 11.4. The van der Waals surface area contributed by atoms with Crippen molar-refractivity contribution in [2.24, 2.45) is 0 Å². The number of nitrogens with zero attached hydrogens (tertiary/aromatic N) is 4. The smallest absolute Gasteiger partial charge is 0.250 e. The van der Waals surface area contributed by atoms with E-state index in [2.05, 4.69) is 10.1 Å². The van der Waals surface area contributed by atoms with Gasteiger partial charge in [0.1, 0.15) is 6.33 Å². The normalized spacial score (nSPS) is 10.7. The quantitative estimate of drug-likeness (QED) is 0.733. The second kappa shape index (κ2) is 5.62. The van der Waals surface area contributed by atoms with Gasteiger partial charge in [0.05, 0.1) is 6.54 Å². The lowest BCUT2D eigenvalue weighted by molar-refractivity contribution is 0.523. The number of nitrogen functional groups attached to an aromatic ring is 1. The van der Waals surface area contributed by atoms with Crippen molar-refractivity contribution in [3.8, 4) is 11.4 Å². The molecule has 2 N–H and O–H groups in total. The van der Waals surface area contributed by atoms with Crippen molar-refractivity contribution in [3.63, 3.8) is 0 Å². The fourth-order valence-electron chi connectivity index (χ4n) is 2.07. The molecule has 0 radical (unpaired) electrons. The first-order valence-electron chi connectivity index (χ1n) is 6.63. The predicted octanol–water partition coefficient (Wildman–Crippen LogP) is 1.39. The summed E-state index contributed by atoms with van der Waals surface area (Å²) in [4.78, 5) is 15.9. The Morgan fingerprint density at radius 3 is 2.81 bits per heavy atom. The van der Waals surface area contributed by atoms with Crippen LogP contribution in [0.2, 0.25) is 0 Å². The summed E-state index contributed by atoms with van der Waals surface area (Å²) in [5.74, 6) is 0.628. The van der Waals surface area contributed by atoms with Gasteiger partial charge in [-0.2, -0.15) is 5.10 Å². The van der Waals surface area contributed by atoms with Crippen LogP contribution in [-0.4, -0.2) is 19.3 Å². The van der Waals surface area contributed by atoms with Gasteiger partial charge >= 0.3 is 0 Å². The molecule has 0 aliphatic heterocycles. The molecule has 0 bridgehead atoms. The van der Waals surface area contributed by atoms with E-state index >= 15 is 0 Å². The summed E-state index contributed by atoms with van der Waals surface area (Å²) in [6, 6.07) is 12.5. The number of nitrogens with two attached hydrogens (primary N) is 1. The first-order valence-corrected chi connectivity index (χ1v) is 6.63. The Balaban J connectivity index is 1.74. The average Bonchev–Trinajstić information content (AvgIpc) is 2.95. The zero-order chi connectivity index (χ0) is 14.7. The standard InChI is InChI=1S/C15H15N5O/c16-13-5-3-4-12(10-13)15-17-11-20(18-15)9-8-19-7-2-1-6-14(19)21/h1-7,10-11H,8-9,16H2. The highest BCUT2D eigenvalue weighted by Gasteiger charge is 2.04. The SMILES string of the molecule is Nc1cccc(-c2ncn(CCn3ccccc3=O)n2)c1. The van der Waals surface area contributed by atoms with Gasteiger partial charge in [-0.15, -0.1) is 0 Å². The number of hydrogen-bond acceptors (Lipinski definition) is 4. The third-order valence-corrected chi connectivity index (χ3v) is 3.15. The molecular formula is C15H15N5O. The summed E-state index contributed by atoms with van der Waals surface area (Å²) >= 11 is 0. The van der Waals surface area contributed by atoms with Crippen LogP contribution in [0.4, 0.5) is 5.69 Å². The summed E-state index contributed by atoms with van der Waals surface area (Å²) in [5.41, 5.74) is 7.29. The third kappa shape index (κ3) is 3.00. The predicted molar refractivity (Wildman–Crippen MR) is 80.6 cm³/mol. The molecule has 6 nitrogen and oxygen atoms in total. The van der Waals surface area contributed by atoms with Crippen LogP contribution < -0.4 is 11.3 Å². The Hall–Kier alpha value is -2.89. The highest BCUT2D eigenvalue weighted by Crippen LogP contribution is 2.16. The van der Waals surface area contributed by atoms with Gasteiger partial charge in [0.2, 0.25) is 0 Å². The van der Waals surface area contributed by atoms with Crippen molar-refractivity contribution >= 4 is 5.69 Å². The van der Waals surface area contributed by atoms with Gasteiger partial charge in [-0.05, 0) is 18.2 Å². The Labute approximate surface area is 121 Å². The van der Waals surface area contributed by atoms with Crippen molar-refractivity contribution < 1.29 is 0 Å². The Bertz CT molecular complexity index is 805. The minimum absolute atomic E-state index is 0.0197. The number of anilines is 1. The van der Waals surface area contributed by atoms with Crippen molar-refractivity contribution in [1.82, 2.24) is 19.3 Å². The first-order chi connectivity index (χ1) is 10.2. The van der Waals surface area contributed by atoms with Gasteiger partial charge < -0.3 is 10.3 Å². The monoisotopic (exact) mass is 281 g/mol. The van der Waals surface area contributed by atoms with E-state index in [1.807, 2.05) is 30.3 Å². The second-order valence-electron chi connectivity index (χ2n) is 4.69. The van der Waals surface area contributed by atoms with E-state index in [1.54, 1.807) is 33.9 Å². The number of benzene rings is 1. The maximum Gasteiger partial charge on any atom is 0.250 e. The summed E-state index contributed by atoms with van der Waals surface area (Å²) < 4.78 is 3.36. The fourth-order valence-corrected chi connectivity index (χ4v) is 2.07. The van der Waals surface area contributed by atoms with Gasteiger partial charge in [0, 0.05) is 30.1 Å². The molecule has 0 amide bonds. The molecule has 0 saturated heterocycles. The topological polar surface area (TPSA) is 78.7 Å². The summed E-state index contributed by atoms with van der Waals surface area (Å²) in [6.45, 7) is 1.14. The van der Waals surface area contributed by atoms with E-state index in [4.69, 9.17) is 5.73 Å². The first kappa shape index (κ1) is 13.1. The van der Waals surface area contributed by atoms with E-state index in [1.165, 1.54) is 0 Å². The maximum atomic E-state index is 11.6. The molecule has 0 aliphatic carbocycles. The maximum absolute atomic E-state index is 11.6. The highest BCUT2D eigenvalue weighted by molar-refractivity contribution is 5.60. The van der Waals surface area contributed by atoms with Gasteiger partial charge in [-0.25, -0.2) is 4.98 Å². The molecule has 3 rings (SSSR count). The molecule has 106 valence electrons. The molecule has 2 heterocycles. The second-order valence-corrected chi connectivity index (χ2v) is 4.69. The van der Waals surface area contributed by atoms with Gasteiger partial charge in [0.15, 0.2) is 5.82 Å². The van der Waals surface area contributed by atoms with Crippen molar-refractivity contribution in [1.29, 1.82) is 0 Å². The van der Waals surface area contributed by atoms with Crippen LogP contribution in [0.15, 0.2) is 59.8 Å². The molecular weight excluding hydrogens is 266 g/mol. The highest BCUT2D eigenvalue weighted by atomic mass is 16.1. The zero-order valence-electron chi connectivity index (χ0n) is 11.4. The Morgan fingerprint density at radius 2 is 2.00 bits per heavy atom. The lowest BCUT2D eigenvalue weighted by atomic mass is 10.2. The fraction of sp³-hybridized carbons (Fsp3) is 0.133. The molecule has 0 saturated carbocycles. The van der Waals surface area contributed by atoms with Gasteiger partial charge in [0.25, 0.3) is 5.56 Å². The van der Waals surface area contributed by atoms with Crippen LogP contribution in [0, 0.1) is 0 Å². The number of aromatic nitrogens is 4. The Morgan fingerprint density at radius 1 is 1.10 bits per heavy atom.